The predicted octanol–water partition coefficient (Wildman–Crippen LogP) is 4.19. The highest BCUT2D eigenvalue weighted by Gasteiger charge is 2.22. The molecule has 1 aliphatic rings. The zero-order valence-electron chi connectivity index (χ0n) is 12.6. The molecule has 1 aliphatic heterocycles. The van der Waals surface area contributed by atoms with Crippen molar-refractivity contribution in [3.63, 3.8) is 0 Å². The lowest BCUT2D eigenvalue weighted by Gasteiger charge is -2.26. The highest BCUT2D eigenvalue weighted by atomic mass is 32.2. The van der Waals surface area contributed by atoms with Crippen LogP contribution < -0.4 is 15.4 Å². The second-order valence-corrected chi connectivity index (χ2v) is 6.34. The number of hydrogen-bond donors (Lipinski definition) is 2. The topological polar surface area (TPSA) is 50.4 Å². The molecule has 23 heavy (non-hydrogen) atoms. The number of anilines is 1. The summed E-state index contributed by atoms with van der Waals surface area (Å²) in [5.74, 6) is 1.28. The Kier molecular flexibility index (Phi) is 4.71. The minimum absolute atomic E-state index is 0.187. The van der Waals surface area contributed by atoms with Crippen LogP contribution in [0.4, 0.5) is 14.9 Å². The van der Waals surface area contributed by atoms with Gasteiger partial charge in [-0.2, -0.15) is 0 Å². The summed E-state index contributed by atoms with van der Waals surface area (Å²) in [5.41, 5.74) is 1.48. The van der Waals surface area contributed by atoms with Crippen molar-refractivity contribution in [2.24, 2.45) is 0 Å². The van der Waals surface area contributed by atoms with Crippen molar-refractivity contribution in [1.29, 1.82) is 0 Å². The molecule has 0 saturated heterocycles. The van der Waals surface area contributed by atoms with Gasteiger partial charge in [0.05, 0.1) is 13.2 Å². The first-order chi connectivity index (χ1) is 11.2. The van der Waals surface area contributed by atoms with E-state index in [0.29, 0.717) is 11.4 Å². The van der Waals surface area contributed by atoms with Gasteiger partial charge in [-0.15, -0.1) is 11.8 Å². The fourth-order valence-corrected chi connectivity index (χ4v) is 3.65. The Hall–Kier alpha value is -2.21. The summed E-state index contributed by atoms with van der Waals surface area (Å²) in [6, 6.07) is 11.3. The van der Waals surface area contributed by atoms with Gasteiger partial charge in [-0.25, -0.2) is 9.18 Å². The molecule has 0 bridgehead atoms. The number of nitrogens with one attached hydrogen (secondary N) is 2. The van der Waals surface area contributed by atoms with Crippen molar-refractivity contribution in [3.05, 3.63) is 53.8 Å². The molecule has 3 rings (SSSR count). The van der Waals surface area contributed by atoms with E-state index in [2.05, 4.69) is 10.6 Å². The van der Waals surface area contributed by atoms with Gasteiger partial charge in [-0.05, 0) is 42.3 Å². The summed E-state index contributed by atoms with van der Waals surface area (Å²) in [5, 5.41) is 5.70. The standard InChI is InChI=1S/C17H17FN2O2S/c1-22-13-4-2-3-12(10-13)19-17(21)20-15-7-8-23-16-6-5-11(18)9-14(15)16/h2-6,9-10,15H,7-8H2,1H3,(H2,19,20,21). The molecular formula is C17H17FN2O2S. The molecule has 6 heteroatoms. The number of benzene rings is 2. The van der Waals surface area contributed by atoms with Gasteiger partial charge >= 0.3 is 6.03 Å². The highest BCUT2D eigenvalue weighted by molar-refractivity contribution is 7.99. The van der Waals surface area contributed by atoms with Gasteiger partial charge < -0.3 is 15.4 Å². The minimum Gasteiger partial charge on any atom is -0.497 e. The molecule has 0 saturated carbocycles. The van der Waals surface area contributed by atoms with E-state index in [0.717, 1.165) is 22.6 Å². The maximum Gasteiger partial charge on any atom is 0.319 e. The number of fused-ring (bicyclic) bond motifs is 1. The number of thioether (sulfide) groups is 1. The molecule has 2 aromatic carbocycles. The number of hydrogen-bond acceptors (Lipinski definition) is 3. The molecule has 4 nitrogen and oxygen atoms in total. The third-order valence-electron chi connectivity index (χ3n) is 3.64. The van der Waals surface area contributed by atoms with Crippen LogP contribution in [-0.4, -0.2) is 18.9 Å². The van der Waals surface area contributed by atoms with E-state index in [1.165, 1.54) is 12.1 Å². The molecule has 2 amide bonds. The zero-order chi connectivity index (χ0) is 16.2. The molecule has 0 aliphatic carbocycles. The lowest BCUT2D eigenvalue weighted by molar-refractivity contribution is 0.248. The van der Waals surface area contributed by atoms with E-state index in [9.17, 15) is 9.18 Å². The summed E-state index contributed by atoms with van der Waals surface area (Å²) >= 11 is 1.68. The van der Waals surface area contributed by atoms with Crippen molar-refractivity contribution in [2.75, 3.05) is 18.2 Å². The van der Waals surface area contributed by atoms with Gasteiger partial charge in [0.15, 0.2) is 0 Å². The molecule has 0 aromatic heterocycles. The van der Waals surface area contributed by atoms with E-state index in [1.807, 2.05) is 0 Å². The van der Waals surface area contributed by atoms with Crippen LogP contribution in [0.5, 0.6) is 5.75 Å². The fraction of sp³-hybridized carbons (Fsp3) is 0.235. The minimum atomic E-state index is -0.314. The number of carbonyl (C=O) groups is 1. The van der Waals surface area contributed by atoms with Gasteiger partial charge in [-0.3, -0.25) is 0 Å². The van der Waals surface area contributed by atoms with Gasteiger partial charge in [-0.1, -0.05) is 6.07 Å². The summed E-state index contributed by atoms with van der Waals surface area (Å²) in [6.45, 7) is 0. The second kappa shape index (κ2) is 6.91. The smallest absolute Gasteiger partial charge is 0.319 e. The fourth-order valence-electron chi connectivity index (χ4n) is 2.54. The molecule has 0 radical (unpaired) electrons. The van der Waals surface area contributed by atoms with Crippen LogP contribution in [0.15, 0.2) is 47.4 Å². The summed E-state index contributed by atoms with van der Waals surface area (Å²) in [7, 11) is 1.57. The number of urea groups is 1. The molecule has 2 N–H and O–H groups in total. The summed E-state index contributed by atoms with van der Waals surface area (Å²) in [4.78, 5) is 13.2. The summed E-state index contributed by atoms with van der Waals surface area (Å²) in [6.07, 6.45) is 0.770. The maximum absolute atomic E-state index is 13.5. The van der Waals surface area contributed by atoms with Gasteiger partial charge in [0.1, 0.15) is 11.6 Å². The quantitative estimate of drug-likeness (QED) is 0.886. The lowest BCUT2D eigenvalue weighted by atomic mass is 10.0. The van der Waals surface area contributed by atoms with Crippen molar-refractivity contribution in [3.8, 4) is 5.75 Å². The molecule has 1 unspecified atom stereocenters. The van der Waals surface area contributed by atoms with Crippen molar-refractivity contribution in [2.45, 2.75) is 17.4 Å². The van der Waals surface area contributed by atoms with Crippen LogP contribution in [0, 0.1) is 5.82 Å². The maximum atomic E-state index is 13.5. The third kappa shape index (κ3) is 3.76. The van der Waals surface area contributed by atoms with Crippen molar-refractivity contribution in [1.82, 2.24) is 5.32 Å². The summed E-state index contributed by atoms with van der Waals surface area (Å²) < 4.78 is 18.6. The molecular weight excluding hydrogens is 315 g/mol. The molecule has 0 spiro atoms. The first-order valence-corrected chi connectivity index (χ1v) is 8.28. The molecule has 1 heterocycles. The Morgan fingerprint density at radius 2 is 2.17 bits per heavy atom. The average molecular weight is 332 g/mol. The van der Waals surface area contributed by atoms with E-state index >= 15 is 0 Å². The normalized spacial score (nSPS) is 16.3. The van der Waals surface area contributed by atoms with Crippen molar-refractivity contribution < 1.29 is 13.9 Å². The first kappa shape index (κ1) is 15.7. The van der Waals surface area contributed by atoms with Gasteiger partial charge in [0.2, 0.25) is 0 Å². The largest absolute Gasteiger partial charge is 0.497 e. The highest BCUT2D eigenvalue weighted by Crippen LogP contribution is 2.36. The Balaban J connectivity index is 1.70. The van der Waals surface area contributed by atoms with E-state index in [4.69, 9.17) is 4.74 Å². The van der Waals surface area contributed by atoms with E-state index in [1.54, 1.807) is 49.2 Å². The molecule has 0 fully saturated rings. The molecule has 1 atom stereocenters. The number of rotatable bonds is 3. The van der Waals surface area contributed by atoms with Crippen LogP contribution in [0.2, 0.25) is 0 Å². The number of methoxy groups -OCH3 is 1. The number of halogens is 1. The van der Waals surface area contributed by atoms with E-state index in [-0.39, 0.29) is 17.9 Å². The Labute approximate surface area is 138 Å². The SMILES string of the molecule is COc1cccc(NC(=O)NC2CCSc3ccc(F)cc32)c1. The van der Waals surface area contributed by atoms with Crippen LogP contribution in [0.25, 0.3) is 0 Å². The number of ether oxygens (including phenoxy) is 1. The third-order valence-corrected chi connectivity index (χ3v) is 4.77. The van der Waals surface area contributed by atoms with Crippen LogP contribution in [-0.2, 0) is 0 Å². The van der Waals surface area contributed by atoms with Gasteiger partial charge in [0.25, 0.3) is 0 Å². The van der Waals surface area contributed by atoms with Crippen LogP contribution in [0.3, 0.4) is 0 Å². The Morgan fingerprint density at radius 1 is 1.30 bits per heavy atom. The van der Waals surface area contributed by atoms with E-state index < -0.39 is 0 Å². The molecule has 120 valence electrons. The average Bonchev–Trinajstić information content (AvgIpc) is 2.55. The Bertz CT molecular complexity index is 723. The second-order valence-electron chi connectivity index (χ2n) is 5.20. The number of carbonyl (C=O) groups excluding carboxylic acids is 1. The first-order valence-electron chi connectivity index (χ1n) is 7.29. The number of amides is 2. The monoisotopic (exact) mass is 332 g/mol. The van der Waals surface area contributed by atoms with Gasteiger partial charge in [0, 0.05) is 22.4 Å². The Morgan fingerprint density at radius 3 is 3.00 bits per heavy atom. The van der Waals surface area contributed by atoms with Crippen LogP contribution >= 0.6 is 11.8 Å². The van der Waals surface area contributed by atoms with Crippen molar-refractivity contribution >= 4 is 23.5 Å². The lowest BCUT2D eigenvalue weighted by Crippen LogP contribution is -2.34. The molecule has 2 aromatic rings. The zero-order valence-corrected chi connectivity index (χ0v) is 13.5. The predicted molar refractivity (Wildman–Crippen MR) is 89.6 cm³/mol. The van der Waals surface area contributed by atoms with Crippen LogP contribution in [0.1, 0.15) is 18.0 Å².